The molecule has 1 fully saturated rings. The molecule has 0 bridgehead atoms. The molecule has 0 aliphatic heterocycles. The van der Waals surface area contributed by atoms with E-state index in [1.54, 1.807) is 0 Å². The van der Waals surface area contributed by atoms with Crippen LogP contribution in [0, 0.1) is 5.92 Å². The van der Waals surface area contributed by atoms with Gasteiger partial charge in [0.2, 0.25) is 0 Å². The molecule has 14 heavy (non-hydrogen) atoms. The van der Waals surface area contributed by atoms with Gasteiger partial charge >= 0.3 is 0 Å². The summed E-state index contributed by atoms with van der Waals surface area (Å²) in [6.45, 7) is 0.685. The SMILES string of the molecule is NCCc1ccc(C(O)C2CC2)cc1. The largest absolute Gasteiger partial charge is 0.388 e. The number of aliphatic hydroxyl groups is 1. The number of nitrogens with two attached hydrogens (primary N) is 1. The lowest BCUT2D eigenvalue weighted by Gasteiger charge is -2.09. The Morgan fingerprint density at radius 2 is 1.93 bits per heavy atom. The summed E-state index contributed by atoms with van der Waals surface area (Å²) in [7, 11) is 0. The van der Waals surface area contributed by atoms with Gasteiger partial charge in [-0.2, -0.15) is 0 Å². The van der Waals surface area contributed by atoms with Gasteiger partial charge in [0.15, 0.2) is 0 Å². The molecule has 0 aromatic heterocycles. The van der Waals surface area contributed by atoms with E-state index in [-0.39, 0.29) is 6.10 Å². The molecule has 0 amide bonds. The fourth-order valence-corrected chi connectivity index (χ4v) is 1.73. The molecular formula is C12H17NO. The van der Waals surface area contributed by atoms with Gasteiger partial charge in [-0.15, -0.1) is 0 Å². The van der Waals surface area contributed by atoms with Crippen LogP contribution in [0.1, 0.15) is 30.1 Å². The second-order valence-corrected chi connectivity index (χ2v) is 4.06. The quantitative estimate of drug-likeness (QED) is 0.760. The highest BCUT2D eigenvalue weighted by Gasteiger charge is 2.30. The summed E-state index contributed by atoms with van der Waals surface area (Å²) in [6.07, 6.45) is 3.01. The van der Waals surface area contributed by atoms with Crippen LogP contribution in [0.25, 0.3) is 0 Å². The number of rotatable bonds is 4. The summed E-state index contributed by atoms with van der Waals surface area (Å²) in [5.41, 5.74) is 7.77. The Morgan fingerprint density at radius 3 is 2.43 bits per heavy atom. The summed E-state index contributed by atoms with van der Waals surface area (Å²) in [6, 6.07) is 8.17. The third-order valence-corrected chi connectivity index (χ3v) is 2.82. The average molecular weight is 191 g/mol. The van der Waals surface area contributed by atoms with Gasteiger partial charge in [0.25, 0.3) is 0 Å². The third-order valence-electron chi connectivity index (χ3n) is 2.82. The smallest absolute Gasteiger partial charge is 0.0818 e. The second kappa shape index (κ2) is 4.11. The highest BCUT2D eigenvalue weighted by molar-refractivity contribution is 5.25. The predicted octanol–water partition coefficient (Wildman–Crippen LogP) is 1.63. The molecule has 76 valence electrons. The van der Waals surface area contributed by atoms with E-state index in [1.807, 2.05) is 12.1 Å². The van der Waals surface area contributed by atoms with Crippen molar-refractivity contribution >= 4 is 0 Å². The second-order valence-electron chi connectivity index (χ2n) is 4.06. The molecule has 2 nitrogen and oxygen atoms in total. The summed E-state index contributed by atoms with van der Waals surface area (Å²) in [4.78, 5) is 0. The van der Waals surface area contributed by atoms with Crippen LogP contribution in [0.5, 0.6) is 0 Å². The van der Waals surface area contributed by atoms with E-state index in [0.717, 1.165) is 12.0 Å². The molecule has 1 aliphatic carbocycles. The summed E-state index contributed by atoms with van der Waals surface area (Å²) < 4.78 is 0. The summed E-state index contributed by atoms with van der Waals surface area (Å²) in [5, 5.41) is 9.86. The number of benzene rings is 1. The maximum Gasteiger partial charge on any atom is 0.0818 e. The normalized spacial score (nSPS) is 18.1. The zero-order chi connectivity index (χ0) is 9.97. The lowest BCUT2D eigenvalue weighted by atomic mass is 10.0. The van der Waals surface area contributed by atoms with Crippen LogP contribution in [0.4, 0.5) is 0 Å². The molecule has 2 rings (SSSR count). The van der Waals surface area contributed by atoms with Gasteiger partial charge in [0, 0.05) is 0 Å². The van der Waals surface area contributed by atoms with Gasteiger partial charge in [-0.25, -0.2) is 0 Å². The molecule has 1 atom stereocenters. The lowest BCUT2D eigenvalue weighted by Crippen LogP contribution is -2.03. The van der Waals surface area contributed by atoms with Crippen LogP contribution in [-0.2, 0) is 6.42 Å². The first kappa shape index (κ1) is 9.69. The third kappa shape index (κ3) is 2.14. The highest BCUT2D eigenvalue weighted by atomic mass is 16.3. The van der Waals surface area contributed by atoms with Gasteiger partial charge in [-0.1, -0.05) is 24.3 Å². The minimum absolute atomic E-state index is 0.248. The molecule has 0 spiro atoms. The molecule has 0 radical (unpaired) electrons. The van der Waals surface area contributed by atoms with Crippen molar-refractivity contribution in [3.05, 3.63) is 35.4 Å². The lowest BCUT2D eigenvalue weighted by molar-refractivity contribution is 0.154. The van der Waals surface area contributed by atoms with Crippen molar-refractivity contribution in [1.82, 2.24) is 0 Å². The highest BCUT2D eigenvalue weighted by Crippen LogP contribution is 2.40. The van der Waals surface area contributed by atoms with Crippen molar-refractivity contribution < 1.29 is 5.11 Å². The van der Waals surface area contributed by atoms with E-state index >= 15 is 0 Å². The van der Waals surface area contributed by atoms with Gasteiger partial charge in [-0.05, 0) is 42.9 Å². The van der Waals surface area contributed by atoms with Crippen molar-refractivity contribution in [2.24, 2.45) is 11.7 Å². The van der Waals surface area contributed by atoms with Crippen molar-refractivity contribution in [3.8, 4) is 0 Å². The topological polar surface area (TPSA) is 46.2 Å². The molecule has 1 unspecified atom stereocenters. The number of hydrogen-bond donors (Lipinski definition) is 2. The first-order valence-electron chi connectivity index (χ1n) is 5.28. The molecule has 0 saturated heterocycles. The molecule has 3 N–H and O–H groups in total. The van der Waals surface area contributed by atoms with Crippen LogP contribution in [0.3, 0.4) is 0 Å². The Morgan fingerprint density at radius 1 is 1.29 bits per heavy atom. The van der Waals surface area contributed by atoms with Gasteiger partial charge in [0.1, 0.15) is 0 Å². The first-order chi connectivity index (χ1) is 6.81. The van der Waals surface area contributed by atoms with E-state index in [4.69, 9.17) is 5.73 Å². The van der Waals surface area contributed by atoms with Crippen LogP contribution < -0.4 is 5.73 Å². The fraction of sp³-hybridized carbons (Fsp3) is 0.500. The van der Waals surface area contributed by atoms with Crippen LogP contribution in [0.15, 0.2) is 24.3 Å². The standard InChI is InChI=1S/C12H17NO/c13-8-7-9-1-3-10(4-2-9)12(14)11-5-6-11/h1-4,11-12,14H,5-8,13H2. The molecular weight excluding hydrogens is 174 g/mol. The van der Waals surface area contributed by atoms with Gasteiger partial charge < -0.3 is 10.8 Å². The molecule has 1 aromatic rings. The zero-order valence-electron chi connectivity index (χ0n) is 8.32. The van der Waals surface area contributed by atoms with E-state index in [1.165, 1.54) is 18.4 Å². The minimum atomic E-state index is -0.248. The number of aliphatic hydroxyl groups excluding tert-OH is 1. The van der Waals surface area contributed by atoms with Gasteiger partial charge in [-0.3, -0.25) is 0 Å². The maximum atomic E-state index is 9.86. The molecule has 1 aromatic carbocycles. The predicted molar refractivity (Wildman–Crippen MR) is 56.9 cm³/mol. The summed E-state index contributed by atoms with van der Waals surface area (Å²) in [5.74, 6) is 0.510. The maximum absolute atomic E-state index is 9.86. The van der Waals surface area contributed by atoms with E-state index < -0.39 is 0 Å². The van der Waals surface area contributed by atoms with Crippen LogP contribution in [0.2, 0.25) is 0 Å². The molecule has 0 heterocycles. The molecule has 2 heteroatoms. The van der Waals surface area contributed by atoms with Crippen molar-refractivity contribution in [3.63, 3.8) is 0 Å². The minimum Gasteiger partial charge on any atom is -0.388 e. The van der Waals surface area contributed by atoms with E-state index in [9.17, 15) is 5.11 Å². The molecule has 1 saturated carbocycles. The molecule has 1 aliphatic rings. The number of hydrogen-bond acceptors (Lipinski definition) is 2. The summed E-state index contributed by atoms with van der Waals surface area (Å²) >= 11 is 0. The van der Waals surface area contributed by atoms with Gasteiger partial charge in [0.05, 0.1) is 6.10 Å². The van der Waals surface area contributed by atoms with Crippen LogP contribution >= 0.6 is 0 Å². The Bertz CT molecular complexity index is 290. The Balaban J connectivity index is 2.04. The van der Waals surface area contributed by atoms with E-state index in [0.29, 0.717) is 12.5 Å². The zero-order valence-corrected chi connectivity index (χ0v) is 8.32. The first-order valence-corrected chi connectivity index (χ1v) is 5.28. The average Bonchev–Trinajstić information content (AvgIpc) is 3.02. The van der Waals surface area contributed by atoms with Crippen molar-refractivity contribution in [1.29, 1.82) is 0 Å². The van der Waals surface area contributed by atoms with Crippen LogP contribution in [-0.4, -0.2) is 11.7 Å². The van der Waals surface area contributed by atoms with Crippen molar-refractivity contribution in [2.75, 3.05) is 6.54 Å². The van der Waals surface area contributed by atoms with E-state index in [2.05, 4.69) is 12.1 Å². The Labute approximate surface area is 84.7 Å². The fourth-order valence-electron chi connectivity index (χ4n) is 1.73. The Kier molecular flexibility index (Phi) is 2.85. The Hall–Kier alpha value is -0.860. The van der Waals surface area contributed by atoms with Crippen molar-refractivity contribution in [2.45, 2.75) is 25.4 Å². The monoisotopic (exact) mass is 191 g/mol.